The normalized spacial score (nSPS) is 20.6. The van der Waals surface area contributed by atoms with Crippen molar-refractivity contribution >= 4 is 23.3 Å². The Kier molecular flexibility index (Phi) is 5.89. The molecule has 2 aromatic rings. The molecule has 0 aliphatic carbocycles. The Morgan fingerprint density at radius 1 is 1.24 bits per heavy atom. The zero-order chi connectivity index (χ0) is 24.2. The summed E-state index contributed by atoms with van der Waals surface area (Å²) >= 11 is 6.06. The fourth-order valence-electron chi connectivity index (χ4n) is 4.55. The molecule has 0 radical (unpaired) electrons. The minimum Gasteiger partial charge on any atom is -0.378 e. The van der Waals surface area contributed by atoms with Gasteiger partial charge in [-0.3, -0.25) is 9.69 Å². The van der Waals surface area contributed by atoms with Gasteiger partial charge in [-0.05, 0) is 18.5 Å². The van der Waals surface area contributed by atoms with Crippen molar-refractivity contribution < 1.29 is 27.1 Å². The quantitative estimate of drug-likeness (QED) is 0.483. The highest BCUT2D eigenvalue weighted by Crippen LogP contribution is 2.37. The molecule has 1 N–H and O–H groups in total. The van der Waals surface area contributed by atoms with Crippen LogP contribution in [-0.2, 0) is 22.6 Å². The first-order chi connectivity index (χ1) is 16.2. The molecule has 4 heterocycles. The van der Waals surface area contributed by atoms with Gasteiger partial charge in [0.05, 0.1) is 49.6 Å². The number of anilines is 1. The van der Waals surface area contributed by atoms with Crippen LogP contribution >= 0.6 is 11.6 Å². The van der Waals surface area contributed by atoms with Gasteiger partial charge in [-0.2, -0.15) is 0 Å². The molecule has 1 atom stereocenters. The van der Waals surface area contributed by atoms with Crippen molar-refractivity contribution in [3.8, 4) is 0 Å². The number of carbonyl (C=O) groups excluding carboxylic acids is 1. The monoisotopic (exact) mass is 499 g/mol. The number of rotatable bonds is 6. The predicted octanol–water partition coefficient (Wildman–Crippen LogP) is 3.64. The summed E-state index contributed by atoms with van der Waals surface area (Å²) in [6, 6.07) is 3.20. The van der Waals surface area contributed by atoms with Crippen molar-refractivity contribution in [2.45, 2.75) is 44.2 Å². The number of benzene rings is 1. The van der Waals surface area contributed by atoms with Gasteiger partial charge in [0, 0.05) is 24.2 Å². The highest BCUT2D eigenvalue weighted by Gasteiger charge is 2.55. The van der Waals surface area contributed by atoms with Gasteiger partial charge in [-0.1, -0.05) is 18.2 Å². The second-order valence-corrected chi connectivity index (χ2v) is 9.24. The Balaban J connectivity index is 1.32. The minimum atomic E-state index is -2.95. The fraction of sp³-hybridized carbons (Fsp3) is 0.500. The average Bonchev–Trinajstić information content (AvgIpc) is 3.14. The van der Waals surface area contributed by atoms with E-state index >= 15 is 4.39 Å². The van der Waals surface area contributed by atoms with E-state index in [1.54, 1.807) is 6.92 Å². The van der Waals surface area contributed by atoms with E-state index in [1.165, 1.54) is 17.0 Å². The molecule has 12 heteroatoms. The lowest BCUT2D eigenvalue weighted by molar-refractivity contribution is -0.173. The molecule has 7 nitrogen and oxygen atoms in total. The lowest BCUT2D eigenvalue weighted by Crippen LogP contribution is -2.70. The lowest BCUT2D eigenvalue weighted by atomic mass is 9.92. The summed E-state index contributed by atoms with van der Waals surface area (Å²) in [6.45, 7) is 2.83. The van der Waals surface area contributed by atoms with E-state index < -0.39 is 35.4 Å². The van der Waals surface area contributed by atoms with Crippen molar-refractivity contribution in [3.63, 3.8) is 0 Å². The number of alkyl halides is 3. The topological polar surface area (TPSA) is 70.6 Å². The van der Waals surface area contributed by atoms with E-state index in [9.17, 15) is 18.0 Å². The molecule has 1 amide bonds. The van der Waals surface area contributed by atoms with Crippen molar-refractivity contribution in [1.29, 1.82) is 0 Å². The minimum absolute atomic E-state index is 0.0149. The summed E-state index contributed by atoms with van der Waals surface area (Å²) < 4.78 is 61.2. The average molecular weight is 500 g/mol. The Hall–Kier alpha value is -2.50. The van der Waals surface area contributed by atoms with Gasteiger partial charge in [0.1, 0.15) is 11.6 Å². The molecule has 34 heavy (non-hydrogen) atoms. The third-order valence-electron chi connectivity index (χ3n) is 6.58. The fourth-order valence-corrected chi connectivity index (χ4v) is 4.74. The summed E-state index contributed by atoms with van der Waals surface area (Å²) in [5.41, 5.74) is -1.65. The third-order valence-corrected chi connectivity index (χ3v) is 6.75. The number of ether oxygens (including phenoxy) is 1. The van der Waals surface area contributed by atoms with Crippen molar-refractivity contribution in [3.05, 3.63) is 51.7 Å². The summed E-state index contributed by atoms with van der Waals surface area (Å²) in [5, 5.41) is 2.90. The lowest BCUT2D eigenvalue weighted by Gasteiger charge is -2.50. The first kappa shape index (κ1) is 23.3. The van der Waals surface area contributed by atoms with Gasteiger partial charge in [0.15, 0.2) is 0 Å². The number of likely N-dealkylation sites (tertiary alicyclic amines) is 1. The molecule has 0 saturated carbocycles. The van der Waals surface area contributed by atoms with Gasteiger partial charge in [-0.25, -0.2) is 27.5 Å². The SMILES string of the molecule is C[C@@H](Nc1nc(Cl)nc2c1CN(C(=O)C1(F)CN(C3COC3)C1)C2)c1cccc(C(F)F)c1F. The smallest absolute Gasteiger partial charge is 0.266 e. The van der Waals surface area contributed by atoms with Gasteiger partial charge in [0.25, 0.3) is 12.3 Å². The highest BCUT2D eigenvalue weighted by atomic mass is 35.5. The Morgan fingerprint density at radius 2 is 1.94 bits per heavy atom. The van der Waals surface area contributed by atoms with Gasteiger partial charge >= 0.3 is 0 Å². The number of aromatic nitrogens is 2. The van der Waals surface area contributed by atoms with Crippen LogP contribution in [0.5, 0.6) is 0 Å². The molecule has 3 aliphatic rings. The summed E-state index contributed by atoms with van der Waals surface area (Å²) in [4.78, 5) is 24.5. The van der Waals surface area contributed by atoms with Crippen LogP contribution in [0.25, 0.3) is 0 Å². The van der Waals surface area contributed by atoms with E-state index in [4.69, 9.17) is 16.3 Å². The van der Waals surface area contributed by atoms with Crippen molar-refractivity contribution in [2.75, 3.05) is 31.6 Å². The third kappa shape index (κ3) is 3.99. The second kappa shape index (κ2) is 8.62. The molecule has 0 unspecified atom stereocenters. The molecule has 2 saturated heterocycles. The van der Waals surface area contributed by atoms with Crippen LogP contribution in [-0.4, -0.2) is 63.7 Å². The van der Waals surface area contributed by atoms with E-state index in [-0.39, 0.29) is 48.9 Å². The number of hydrogen-bond donors (Lipinski definition) is 1. The maximum Gasteiger partial charge on any atom is 0.266 e. The van der Waals surface area contributed by atoms with E-state index in [0.717, 1.165) is 6.07 Å². The number of amides is 1. The Morgan fingerprint density at radius 3 is 2.59 bits per heavy atom. The van der Waals surface area contributed by atoms with Gasteiger partial charge in [0.2, 0.25) is 11.0 Å². The highest BCUT2D eigenvalue weighted by molar-refractivity contribution is 6.28. The second-order valence-electron chi connectivity index (χ2n) is 8.91. The Labute approximate surface area is 198 Å². The van der Waals surface area contributed by atoms with E-state index in [1.807, 2.05) is 4.90 Å². The molecule has 0 bridgehead atoms. The summed E-state index contributed by atoms with van der Waals surface area (Å²) in [5.74, 6) is -1.39. The van der Waals surface area contributed by atoms with Crippen molar-refractivity contribution in [1.82, 2.24) is 19.8 Å². The number of fused-ring (bicyclic) bond motifs is 1. The number of halogens is 5. The van der Waals surface area contributed by atoms with Crippen LogP contribution in [0.3, 0.4) is 0 Å². The number of carbonyl (C=O) groups is 1. The van der Waals surface area contributed by atoms with Crippen LogP contribution in [0.4, 0.5) is 23.4 Å². The number of nitrogens with one attached hydrogen (secondary N) is 1. The Bertz CT molecular complexity index is 1130. The van der Waals surface area contributed by atoms with Crippen molar-refractivity contribution in [2.24, 2.45) is 0 Å². The van der Waals surface area contributed by atoms with Crippen LogP contribution in [0.2, 0.25) is 5.28 Å². The molecule has 1 aromatic heterocycles. The van der Waals surface area contributed by atoms with E-state index in [2.05, 4.69) is 15.3 Å². The number of hydrogen-bond acceptors (Lipinski definition) is 6. The van der Waals surface area contributed by atoms with Gasteiger partial charge in [-0.15, -0.1) is 0 Å². The summed E-state index contributed by atoms with van der Waals surface area (Å²) in [7, 11) is 0. The van der Waals surface area contributed by atoms with Crippen LogP contribution < -0.4 is 5.32 Å². The summed E-state index contributed by atoms with van der Waals surface area (Å²) in [6.07, 6.45) is -2.95. The van der Waals surface area contributed by atoms with Crippen LogP contribution in [0, 0.1) is 5.82 Å². The van der Waals surface area contributed by atoms with E-state index in [0.29, 0.717) is 24.5 Å². The molecule has 1 aromatic carbocycles. The molecular weight excluding hydrogens is 478 g/mol. The molecule has 3 aliphatic heterocycles. The van der Waals surface area contributed by atoms with Crippen LogP contribution in [0.15, 0.2) is 18.2 Å². The first-order valence-corrected chi connectivity index (χ1v) is 11.2. The zero-order valence-corrected chi connectivity index (χ0v) is 19.0. The first-order valence-electron chi connectivity index (χ1n) is 10.8. The maximum atomic E-state index is 15.3. The standard InChI is InChI=1S/C22H22ClF4N5O2/c1-11(13-3-2-4-14(17(13)24)18(25)26)28-19-15-5-31(6-16(15)29-21(23)30-19)20(33)22(27)9-32(10-22)12-7-34-8-12/h2-4,11-12,18H,5-10H2,1H3,(H,28,29,30)/t11-/m1/s1. The number of nitrogens with zero attached hydrogens (tertiary/aromatic N) is 4. The zero-order valence-electron chi connectivity index (χ0n) is 18.2. The molecule has 2 fully saturated rings. The predicted molar refractivity (Wildman–Crippen MR) is 115 cm³/mol. The van der Waals surface area contributed by atoms with Gasteiger partial charge < -0.3 is 15.0 Å². The maximum absolute atomic E-state index is 15.3. The molecule has 5 rings (SSSR count). The largest absolute Gasteiger partial charge is 0.378 e. The molecule has 182 valence electrons. The molecular formula is C22H22ClF4N5O2. The molecule has 0 spiro atoms. The van der Waals surface area contributed by atoms with Crippen LogP contribution in [0.1, 0.15) is 41.8 Å².